The van der Waals surface area contributed by atoms with Crippen LogP contribution in [-0.2, 0) is 0 Å². The van der Waals surface area contributed by atoms with Crippen molar-refractivity contribution < 1.29 is 5.11 Å². The molecule has 0 saturated heterocycles. The maximum Gasteiger partial charge on any atom is 0.0745 e. The Morgan fingerprint density at radius 3 is 2.71 bits per heavy atom. The highest BCUT2D eigenvalue weighted by Gasteiger charge is 2.24. The fourth-order valence-corrected chi connectivity index (χ4v) is 3.44. The third-order valence-corrected chi connectivity index (χ3v) is 4.42. The number of para-hydroxylation sites is 1. The Morgan fingerprint density at radius 1 is 1.19 bits per heavy atom. The van der Waals surface area contributed by atoms with Crippen molar-refractivity contribution in [3.05, 3.63) is 30.5 Å². The summed E-state index contributed by atoms with van der Waals surface area (Å²) in [6.07, 6.45) is 7.93. The fourth-order valence-electron chi connectivity index (χ4n) is 3.44. The van der Waals surface area contributed by atoms with Crippen LogP contribution in [0.2, 0.25) is 0 Å². The van der Waals surface area contributed by atoms with E-state index in [1.807, 2.05) is 18.2 Å². The highest BCUT2D eigenvalue weighted by atomic mass is 16.3. The van der Waals surface area contributed by atoms with Crippen molar-refractivity contribution in [2.45, 2.75) is 38.1 Å². The topological polar surface area (TPSA) is 62.4 Å². The van der Waals surface area contributed by atoms with Crippen LogP contribution in [-0.4, -0.2) is 29.3 Å². The molecule has 0 radical (unpaired) electrons. The molecule has 2 aromatic rings. The molecule has 1 fully saturated rings. The second kappa shape index (κ2) is 6.31. The van der Waals surface area contributed by atoms with Crippen LogP contribution in [0.1, 0.15) is 32.1 Å². The van der Waals surface area contributed by atoms with E-state index in [9.17, 15) is 5.11 Å². The van der Waals surface area contributed by atoms with Gasteiger partial charge >= 0.3 is 0 Å². The van der Waals surface area contributed by atoms with Gasteiger partial charge in [-0.1, -0.05) is 37.5 Å². The number of nitrogen functional groups attached to an aromatic ring is 1. The van der Waals surface area contributed by atoms with Crippen molar-refractivity contribution in [2.75, 3.05) is 23.8 Å². The zero-order chi connectivity index (χ0) is 14.7. The van der Waals surface area contributed by atoms with Gasteiger partial charge in [0.1, 0.15) is 0 Å². The van der Waals surface area contributed by atoms with Gasteiger partial charge < -0.3 is 15.7 Å². The number of benzene rings is 1. The SMILES string of the molecule is Nc1cnc2ccccc2c1N(CCO)C1CCCCC1. The van der Waals surface area contributed by atoms with Gasteiger partial charge in [-0.15, -0.1) is 0 Å². The van der Waals surface area contributed by atoms with Crippen LogP contribution in [0.15, 0.2) is 30.5 Å². The number of aliphatic hydroxyl groups is 1. The first-order valence-corrected chi connectivity index (χ1v) is 7.82. The highest BCUT2D eigenvalue weighted by Crippen LogP contribution is 2.35. The molecule has 3 rings (SSSR count). The number of hydrogen-bond donors (Lipinski definition) is 2. The molecule has 1 aliphatic rings. The van der Waals surface area contributed by atoms with Gasteiger partial charge in [-0.25, -0.2) is 0 Å². The van der Waals surface area contributed by atoms with Crippen LogP contribution >= 0.6 is 0 Å². The highest BCUT2D eigenvalue weighted by molar-refractivity contribution is 5.97. The molecule has 0 bridgehead atoms. The van der Waals surface area contributed by atoms with Crippen LogP contribution in [0.3, 0.4) is 0 Å². The molecule has 4 nitrogen and oxygen atoms in total. The van der Waals surface area contributed by atoms with Crippen molar-refractivity contribution in [3.63, 3.8) is 0 Å². The molecule has 0 amide bonds. The summed E-state index contributed by atoms with van der Waals surface area (Å²) < 4.78 is 0. The number of hydrogen-bond acceptors (Lipinski definition) is 4. The predicted molar refractivity (Wildman–Crippen MR) is 87.5 cm³/mol. The number of anilines is 2. The second-order valence-corrected chi connectivity index (χ2v) is 5.79. The molecule has 1 aromatic heterocycles. The molecular formula is C17H23N3O. The summed E-state index contributed by atoms with van der Waals surface area (Å²) in [5, 5.41) is 10.6. The molecular weight excluding hydrogens is 262 g/mol. The van der Waals surface area contributed by atoms with Crippen LogP contribution in [0, 0.1) is 0 Å². The number of aliphatic hydroxyl groups excluding tert-OH is 1. The van der Waals surface area contributed by atoms with E-state index in [0.29, 0.717) is 18.3 Å². The van der Waals surface area contributed by atoms with Crippen LogP contribution in [0.5, 0.6) is 0 Å². The third-order valence-electron chi connectivity index (χ3n) is 4.42. The molecule has 1 aliphatic carbocycles. The summed E-state index contributed by atoms with van der Waals surface area (Å²) in [5.41, 5.74) is 8.94. The van der Waals surface area contributed by atoms with Crippen molar-refractivity contribution in [2.24, 2.45) is 0 Å². The van der Waals surface area contributed by atoms with Crippen molar-refractivity contribution in [3.8, 4) is 0 Å². The Kier molecular flexibility index (Phi) is 4.25. The summed E-state index contributed by atoms with van der Waals surface area (Å²) in [6, 6.07) is 8.56. The second-order valence-electron chi connectivity index (χ2n) is 5.79. The van der Waals surface area contributed by atoms with Crippen molar-refractivity contribution in [1.82, 2.24) is 4.98 Å². The molecule has 0 unspecified atom stereocenters. The Balaban J connectivity index is 2.07. The first kappa shape index (κ1) is 14.1. The quantitative estimate of drug-likeness (QED) is 0.906. The summed E-state index contributed by atoms with van der Waals surface area (Å²) in [6.45, 7) is 0.773. The normalized spacial score (nSPS) is 16.2. The van der Waals surface area contributed by atoms with Gasteiger partial charge in [-0.3, -0.25) is 4.98 Å². The lowest BCUT2D eigenvalue weighted by molar-refractivity contribution is 0.290. The van der Waals surface area contributed by atoms with Gasteiger partial charge in [0, 0.05) is 18.0 Å². The molecule has 3 N–H and O–H groups in total. The number of nitrogens with two attached hydrogens (primary N) is 1. The summed E-state index contributed by atoms with van der Waals surface area (Å²) in [4.78, 5) is 6.72. The zero-order valence-electron chi connectivity index (χ0n) is 12.3. The molecule has 21 heavy (non-hydrogen) atoms. The van der Waals surface area contributed by atoms with Crippen LogP contribution < -0.4 is 10.6 Å². The fraction of sp³-hybridized carbons (Fsp3) is 0.471. The summed E-state index contributed by atoms with van der Waals surface area (Å²) in [5.74, 6) is 0. The van der Waals surface area contributed by atoms with Gasteiger partial charge in [0.25, 0.3) is 0 Å². The van der Waals surface area contributed by atoms with E-state index in [4.69, 9.17) is 5.73 Å². The van der Waals surface area contributed by atoms with Gasteiger partial charge in [0.05, 0.1) is 29.7 Å². The monoisotopic (exact) mass is 285 g/mol. The maximum atomic E-state index is 9.49. The summed E-state index contributed by atoms with van der Waals surface area (Å²) in [7, 11) is 0. The number of pyridine rings is 1. The summed E-state index contributed by atoms with van der Waals surface area (Å²) >= 11 is 0. The molecule has 1 aromatic carbocycles. The zero-order valence-corrected chi connectivity index (χ0v) is 12.3. The van der Waals surface area contributed by atoms with Gasteiger partial charge in [0.15, 0.2) is 0 Å². The van der Waals surface area contributed by atoms with Crippen LogP contribution in [0.4, 0.5) is 11.4 Å². The first-order valence-electron chi connectivity index (χ1n) is 7.82. The lowest BCUT2D eigenvalue weighted by Gasteiger charge is -2.37. The van der Waals surface area contributed by atoms with Crippen LogP contribution in [0.25, 0.3) is 10.9 Å². The van der Waals surface area contributed by atoms with E-state index in [1.165, 1.54) is 32.1 Å². The Labute approximate surface area is 125 Å². The van der Waals surface area contributed by atoms with E-state index in [2.05, 4.69) is 16.0 Å². The molecule has 0 spiro atoms. The molecule has 0 atom stereocenters. The van der Waals surface area contributed by atoms with Crippen molar-refractivity contribution >= 4 is 22.3 Å². The standard InChI is InChI=1S/C17H23N3O/c18-15-12-19-16-9-5-4-8-14(16)17(15)20(10-11-21)13-6-2-1-3-7-13/h4-5,8-9,12-13,21H,1-3,6-7,10-11,18H2. The van der Waals surface area contributed by atoms with E-state index in [-0.39, 0.29) is 6.61 Å². The molecule has 1 saturated carbocycles. The van der Waals surface area contributed by atoms with E-state index in [0.717, 1.165) is 16.6 Å². The Morgan fingerprint density at radius 2 is 1.95 bits per heavy atom. The molecule has 1 heterocycles. The molecule has 4 heteroatoms. The van der Waals surface area contributed by atoms with Gasteiger partial charge in [0.2, 0.25) is 0 Å². The number of fused-ring (bicyclic) bond motifs is 1. The Bertz CT molecular complexity index is 608. The average Bonchev–Trinajstić information content (AvgIpc) is 2.54. The molecule has 0 aliphatic heterocycles. The minimum absolute atomic E-state index is 0.145. The smallest absolute Gasteiger partial charge is 0.0745 e. The van der Waals surface area contributed by atoms with E-state index >= 15 is 0 Å². The Hall–Kier alpha value is -1.81. The maximum absolute atomic E-state index is 9.49. The van der Waals surface area contributed by atoms with Gasteiger partial charge in [-0.05, 0) is 18.9 Å². The third kappa shape index (κ3) is 2.81. The number of rotatable bonds is 4. The first-order chi connectivity index (χ1) is 10.3. The van der Waals surface area contributed by atoms with Crippen molar-refractivity contribution in [1.29, 1.82) is 0 Å². The number of nitrogens with zero attached hydrogens (tertiary/aromatic N) is 2. The van der Waals surface area contributed by atoms with Gasteiger partial charge in [-0.2, -0.15) is 0 Å². The number of aromatic nitrogens is 1. The lowest BCUT2D eigenvalue weighted by Crippen LogP contribution is -2.39. The van der Waals surface area contributed by atoms with E-state index in [1.54, 1.807) is 6.20 Å². The molecule has 112 valence electrons. The predicted octanol–water partition coefficient (Wildman–Crippen LogP) is 2.95. The minimum atomic E-state index is 0.145. The average molecular weight is 285 g/mol. The lowest BCUT2D eigenvalue weighted by atomic mass is 9.93. The largest absolute Gasteiger partial charge is 0.396 e. The van der Waals surface area contributed by atoms with E-state index < -0.39 is 0 Å². The minimum Gasteiger partial charge on any atom is -0.396 e.